The summed E-state index contributed by atoms with van der Waals surface area (Å²) in [7, 11) is 3.25. The average Bonchev–Trinajstić information content (AvgIpc) is 2.32. The normalized spacial score (nSPS) is 19.8. The summed E-state index contributed by atoms with van der Waals surface area (Å²) in [6, 6.07) is 18.0. The molecule has 0 spiro atoms. The molecule has 10 rings (SSSR count). The Labute approximate surface area is 503 Å². The summed E-state index contributed by atoms with van der Waals surface area (Å²) in [5.74, 6) is 0.426. The number of ether oxygens (including phenoxy) is 2. The van der Waals surface area contributed by atoms with Crippen LogP contribution in [-0.4, -0.2) is 164 Å². The van der Waals surface area contributed by atoms with Crippen LogP contribution in [0.25, 0.3) is 27.8 Å². The maximum absolute atomic E-state index is 12.8. The molecule has 5 aliphatic rings. The lowest BCUT2D eigenvalue weighted by Gasteiger charge is -2.32. The first kappa shape index (κ1) is 65.1. The Hall–Kier alpha value is -6.93. The highest BCUT2D eigenvalue weighted by Gasteiger charge is 2.52. The molecule has 5 saturated heterocycles. The number of aromatic nitrogens is 4. The van der Waals surface area contributed by atoms with Crippen LogP contribution in [-0.2, 0) is 25.8 Å². The van der Waals surface area contributed by atoms with E-state index in [1.807, 2.05) is 97.3 Å². The summed E-state index contributed by atoms with van der Waals surface area (Å²) in [5, 5.41) is 10.2. The van der Waals surface area contributed by atoms with Crippen LogP contribution in [0.3, 0.4) is 0 Å². The van der Waals surface area contributed by atoms with Crippen LogP contribution in [0, 0.1) is 25.7 Å². The number of hydrogen-bond donors (Lipinski definition) is 3. The smallest absolute Gasteiger partial charge is 0.404 e. The van der Waals surface area contributed by atoms with Crippen molar-refractivity contribution in [1.82, 2.24) is 29.5 Å². The van der Waals surface area contributed by atoms with Crippen molar-refractivity contribution in [3.8, 4) is 22.3 Å². The molecule has 8 heterocycles. The lowest BCUT2D eigenvalue weighted by Crippen LogP contribution is -2.41. The number of nitrogens with two attached hydrogens (primary N) is 1. The number of pyridine rings is 2. The van der Waals surface area contributed by atoms with Crippen molar-refractivity contribution < 1.29 is 54.7 Å². The Morgan fingerprint density at radius 1 is 0.721 bits per heavy atom. The number of likely N-dealkylation sites (tertiary alicyclic amines) is 2. The van der Waals surface area contributed by atoms with E-state index in [0.717, 1.165) is 63.6 Å². The van der Waals surface area contributed by atoms with Crippen molar-refractivity contribution in [1.29, 1.82) is 0 Å². The number of allylic oxidation sites excluding steroid dienone is 1. The van der Waals surface area contributed by atoms with Gasteiger partial charge < -0.3 is 54.7 Å². The van der Waals surface area contributed by atoms with Gasteiger partial charge in [0.15, 0.2) is 0 Å². The van der Waals surface area contributed by atoms with Crippen molar-refractivity contribution >= 4 is 71.0 Å². The first-order valence-electron chi connectivity index (χ1n) is 28.7. The largest absolute Gasteiger partial charge is 0.498 e. The molecule has 464 valence electrons. The maximum atomic E-state index is 12.8. The molecule has 0 bridgehead atoms. The Morgan fingerprint density at radius 3 is 1.62 bits per heavy atom. The van der Waals surface area contributed by atoms with E-state index in [-0.39, 0.29) is 31.4 Å². The quantitative estimate of drug-likeness (QED) is 0.0492. The van der Waals surface area contributed by atoms with Crippen molar-refractivity contribution in [2.24, 2.45) is 29.6 Å². The summed E-state index contributed by atoms with van der Waals surface area (Å²) in [6.45, 7) is 18.3. The number of nitrogens with one attached hydrogen (secondary N) is 2. The van der Waals surface area contributed by atoms with E-state index in [0.29, 0.717) is 93.2 Å². The van der Waals surface area contributed by atoms with Gasteiger partial charge in [0.1, 0.15) is 16.8 Å². The molecule has 5 fully saturated rings. The standard InChI is InChI=1S/C27H33F3N6O2.C23H26ClF3N4O2.C10H17BN2O2/c1-18-3-4-22(33-26(37)36-6-5-19(17-36)14-27(28,29)30)13-23(18)20-11-24(21(15-31)16-32-2)34-25(12-20)35-7-9-38-10-8-35;1-15-2-3-18(28-22(32)31-5-4-16(14-31)13-23(25,26)27)12-19(15)17-10-20(24)29-21(11-17)30-6-8-33-9-7-30;1-9(2)10(3,4)15-11(14-9)8-6-12-13(5)7-8/h3-4,11-13,15-16,19H,5-10,14,17,31H2,1-2H3,(H,33,37);2-3,10-12,16H,4-9,13-14H2,1H3,(H,28,32);6-7H,1-5H3/t19-;16-;/m00./s1. The molecular weight excluding hydrogens is 1140 g/mol. The lowest BCUT2D eigenvalue weighted by molar-refractivity contribution is -0.144. The number of amides is 4. The van der Waals surface area contributed by atoms with Gasteiger partial charge in [-0.25, -0.2) is 19.6 Å². The van der Waals surface area contributed by atoms with Crippen LogP contribution >= 0.6 is 11.6 Å². The second-order valence-corrected chi connectivity index (χ2v) is 23.5. The van der Waals surface area contributed by atoms with E-state index in [1.54, 1.807) is 42.3 Å². The molecule has 4 N–H and O–H groups in total. The zero-order valence-electron chi connectivity index (χ0n) is 49.8. The second kappa shape index (κ2) is 27.8. The van der Waals surface area contributed by atoms with E-state index in [2.05, 4.69) is 35.5 Å². The van der Waals surface area contributed by atoms with E-state index in [9.17, 15) is 35.9 Å². The number of halogens is 7. The number of aliphatic imine (C=N–C) groups is 1. The van der Waals surface area contributed by atoms with E-state index in [1.165, 1.54) is 16.0 Å². The SMILES string of the molecule is CN=CC(=CN)c1cc(-c2cc(NC(=O)N3CC[C@@H](CC(F)(F)F)C3)ccc2C)cc(N2CCOCC2)n1.Cc1ccc(NC(=O)N2CC[C@@H](CC(F)(F)F)C2)cc1-c1cc(Cl)nc(N2CCOCC2)c1.Cn1cc(B2OC(C)(C)C(C)(C)O2)cn1. The number of rotatable bonds is 11. The maximum Gasteiger partial charge on any atom is 0.498 e. The molecular formula is C60H76BClF6N12O6. The number of urea groups is 2. The Kier molecular flexibility index (Phi) is 21.1. The summed E-state index contributed by atoms with van der Waals surface area (Å²) in [5.41, 5.74) is 14.3. The molecule has 0 radical (unpaired) electrons. The first-order chi connectivity index (χ1) is 40.7. The number of alkyl halides is 6. The van der Waals surface area contributed by atoms with Crippen molar-refractivity contribution in [2.45, 2.75) is 90.8 Å². The molecule has 26 heteroatoms. The molecule has 4 amide bonds. The lowest BCUT2D eigenvalue weighted by atomic mass is 9.82. The number of nitrogens with zero attached hydrogens (tertiary/aromatic N) is 9. The predicted octanol–water partition coefficient (Wildman–Crippen LogP) is 10.8. The zero-order chi connectivity index (χ0) is 62.1. The minimum absolute atomic E-state index is 0.0911. The molecule has 2 aromatic carbocycles. The average molecular weight is 1220 g/mol. The number of aryl methyl sites for hydroxylation is 3. The zero-order valence-corrected chi connectivity index (χ0v) is 50.6. The fourth-order valence-electron chi connectivity index (χ4n) is 10.7. The minimum Gasteiger partial charge on any atom is -0.404 e. The minimum atomic E-state index is -4.23. The molecule has 0 aliphatic carbocycles. The van der Waals surface area contributed by atoms with Gasteiger partial charge >= 0.3 is 31.5 Å². The Balaban J connectivity index is 0.000000182. The van der Waals surface area contributed by atoms with Gasteiger partial charge in [-0.1, -0.05) is 23.7 Å². The van der Waals surface area contributed by atoms with Crippen LogP contribution in [0.15, 0.2) is 84.2 Å². The fourth-order valence-corrected chi connectivity index (χ4v) is 10.9. The summed E-state index contributed by atoms with van der Waals surface area (Å²) < 4.78 is 101. The highest BCUT2D eigenvalue weighted by atomic mass is 35.5. The number of hydrogen-bond acceptors (Lipinski definition) is 13. The van der Waals surface area contributed by atoms with Gasteiger partial charge in [-0.15, -0.1) is 0 Å². The summed E-state index contributed by atoms with van der Waals surface area (Å²) >= 11 is 6.32. The third-order valence-corrected chi connectivity index (χ3v) is 16.2. The van der Waals surface area contributed by atoms with E-state index >= 15 is 0 Å². The molecule has 5 aromatic rings. The predicted molar refractivity (Wildman–Crippen MR) is 324 cm³/mol. The van der Waals surface area contributed by atoms with Gasteiger partial charge in [-0.2, -0.15) is 31.4 Å². The van der Waals surface area contributed by atoms with Crippen LogP contribution in [0.5, 0.6) is 0 Å². The topological polar surface area (TPSA) is 190 Å². The van der Waals surface area contributed by atoms with Gasteiger partial charge in [0.2, 0.25) is 0 Å². The molecule has 0 unspecified atom stereocenters. The first-order valence-corrected chi connectivity index (χ1v) is 29.0. The number of benzene rings is 2. The molecule has 5 aliphatic heterocycles. The highest BCUT2D eigenvalue weighted by molar-refractivity contribution is 6.62. The Morgan fingerprint density at radius 2 is 1.19 bits per heavy atom. The van der Waals surface area contributed by atoms with E-state index in [4.69, 9.17) is 41.1 Å². The fraction of sp³-hybridized carbons (Fsp3) is 0.500. The van der Waals surface area contributed by atoms with Gasteiger partial charge in [0.05, 0.1) is 43.3 Å². The third-order valence-electron chi connectivity index (χ3n) is 16.0. The third kappa shape index (κ3) is 17.4. The molecule has 86 heavy (non-hydrogen) atoms. The van der Waals surface area contributed by atoms with Gasteiger partial charge in [0.25, 0.3) is 0 Å². The van der Waals surface area contributed by atoms with Gasteiger partial charge in [-0.3, -0.25) is 9.67 Å². The molecule has 2 atom stereocenters. The summed E-state index contributed by atoms with van der Waals surface area (Å²) in [6.07, 6.45) is -2.66. The monoisotopic (exact) mass is 1220 g/mol. The second-order valence-electron chi connectivity index (χ2n) is 23.1. The van der Waals surface area contributed by atoms with Crippen LogP contribution < -0.4 is 31.6 Å². The highest BCUT2D eigenvalue weighted by Crippen LogP contribution is 2.38. The van der Waals surface area contributed by atoms with Crippen molar-refractivity contribution in [2.75, 3.05) is 106 Å². The van der Waals surface area contributed by atoms with Crippen molar-refractivity contribution in [3.05, 3.63) is 101 Å². The molecule has 3 aromatic heterocycles. The van der Waals surface area contributed by atoms with Gasteiger partial charge in [0, 0.05) is 127 Å². The van der Waals surface area contributed by atoms with Crippen molar-refractivity contribution in [3.63, 3.8) is 0 Å². The molecule has 18 nitrogen and oxygen atoms in total. The van der Waals surface area contributed by atoms with Crippen LogP contribution in [0.4, 0.5) is 58.9 Å². The number of carbonyl (C=O) groups is 2. The van der Waals surface area contributed by atoms with E-state index < -0.39 is 49.1 Å². The van der Waals surface area contributed by atoms with Crippen LogP contribution in [0.2, 0.25) is 5.15 Å². The Bertz CT molecular complexity index is 3210. The number of morpholine rings is 2. The number of carbonyl (C=O) groups excluding carboxylic acids is 2. The number of anilines is 4. The van der Waals surface area contributed by atoms with Gasteiger partial charge in [-0.05, 0) is 148 Å². The summed E-state index contributed by atoms with van der Waals surface area (Å²) in [4.78, 5) is 46.0. The molecule has 0 saturated carbocycles. The van der Waals surface area contributed by atoms with Crippen LogP contribution in [0.1, 0.15) is 70.2 Å².